The summed E-state index contributed by atoms with van der Waals surface area (Å²) in [7, 11) is 0. The van der Waals surface area contributed by atoms with E-state index in [-0.39, 0.29) is 37.2 Å². The highest BCUT2D eigenvalue weighted by Gasteiger charge is 2.38. The first-order chi connectivity index (χ1) is 12.6. The van der Waals surface area contributed by atoms with Gasteiger partial charge in [0.15, 0.2) is 5.78 Å². The number of ether oxygens (including phenoxy) is 1. The summed E-state index contributed by atoms with van der Waals surface area (Å²) in [5.74, 6) is -1.33. The number of halogens is 1. The largest absolute Gasteiger partial charge is 0.446 e. The van der Waals surface area contributed by atoms with Crippen molar-refractivity contribution in [3.8, 4) is 0 Å². The fraction of sp³-hybridized carbons (Fsp3) is 0.250. The Bertz CT molecular complexity index is 822. The maximum Gasteiger partial charge on any atom is 0.417 e. The van der Waals surface area contributed by atoms with Gasteiger partial charge in [0, 0.05) is 12.8 Å². The summed E-state index contributed by atoms with van der Waals surface area (Å²) in [6, 6.07) is 14.4. The lowest BCUT2D eigenvalue weighted by Gasteiger charge is -2.19. The number of carbonyl (C=O) groups excluding carboxylic acids is 3. The Morgan fingerprint density at radius 1 is 1.04 bits per heavy atom. The van der Waals surface area contributed by atoms with E-state index in [9.17, 15) is 18.8 Å². The van der Waals surface area contributed by atoms with Crippen molar-refractivity contribution in [2.45, 2.75) is 25.3 Å². The lowest BCUT2D eigenvalue weighted by Crippen LogP contribution is -2.34. The number of hydrogen-bond acceptors (Lipinski definition) is 4. The molecule has 134 valence electrons. The average molecular weight is 355 g/mol. The highest BCUT2D eigenvalue weighted by atomic mass is 19.1. The topological polar surface area (TPSA) is 63.7 Å². The number of carbonyl (C=O) groups is 3. The molecule has 1 atom stereocenters. The van der Waals surface area contributed by atoms with Crippen LogP contribution in [0.4, 0.5) is 9.18 Å². The van der Waals surface area contributed by atoms with Crippen molar-refractivity contribution in [2.75, 3.05) is 6.61 Å². The van der Waals surface area contributed by atoms with E-state index in [4.69, 9.17) is 4.74 Å². The number of rotatable bonds is 6. The number of ketones is 1. The van der Waals surface area contributed by atoms with Gasteiger partial charge in [-0.05, 0) is 24.1 Å². The van der Waals surface area contributed by atoms with E-state index >= 15 is 0 Å². The normalized spacial score (nSPS) is 16.4. The molecule has 0 N–H and O–H groups in total. The molecule has 2 aromatic rings. The minimum atomic E-state index is -0.677. The number of hydrogen-bond donors (Lipinski definition) is 0. The van der Waals surface area contributed by atoms with Gasteiger partial charge in [0.25, 0.3) is 0 Å². The molecule has 0 bridgehead atoms. The minimum absolute atomic E-state index is 0.0125. The first kappa shape index (κ1) is 17.8. The van der Waals surface area contributed by atoms with Gasteiger partial charge in [-0.15, -0.1) is 0 Å². The van der Waals surface area contributed by atoms with Crippen LogP contribution in [0.25, 0.3) is 0 Å². The Hall–Kier alpha value is -3.02. The van der Waals surface area contributed by atoms with Gasteiger partial charge in [-0.25, -0.2) is 14.1 Å². The van der Waals surface area contributed by atoms with Gasteiger partial charge in [-0.2, -0.15) is 0 Å². The maximum atomic E-state index is 13.6. The molecule has 0 aliphatic carbocycles. The lowest BCUT2D eigenvalue weighted by atomic mass is 10.0. The Morgan fingerprint density at radius 2 is 1.73 bits per heavy atom. The van der Waals surface area contributed by atoms with Gasteiger partial charge in [-0.3, -0.25) is 9.59 Å². The SMILES string of the molecule is O=C(CCCC(=O)N1C(=O)OCC1c1ccccc1)c1ccccc1F. The molecule has 26 heavy (non-hydrogen) atoms. The Labute approximate surface area is 150 Å². The van der Waals surface area contributed by atoms with Crippen LogP contribution in [0.5, 0.6) is 0 Å². The monoisotopic (exact) mass is 355 g/mol. The molecule has 1 heterocycles. The molecular weight excluding hydrogens is 337 g/mol. The third kappa shape index (κ3) is 3.79. The third-order valence-corrected chi connectivity index (χ3v) is 4.29. The third-order valence-electron chi connectivity index (χ3n) is 4.29. The van der Waals surface area contributed by atoms with Gasteiger partial charge in [0.1, 0.15) is 18.5 Å². The average Bonchev–Trinajstić information content (AvgIpc) is 3.04. The van der Waals surface area contributed by atoms with Crippen LogP contribution < -0.4 is 0 Å². The van der Waals surface area contributed by atoms with Crippen LogP contribution >= 0.6 is 0 Å². The van der Waals surface area contributed by atoms with Crippen LogP contribution in [0.3, 0.4) is 0 Å². The Morgan fingerprint density at radius 3 is 2.46 bits per heavy atom. The molecule has 0 aromatic heterocycles. The summed E-state index contributed by atoms with van der Waals surface area (Å²) in [5.41, 5.74) is 0.830. The molecule has 1 aliphatic heterocycles. The number of nitrogens with zero attached hydrogens (tertiary/aromatic N) is 1. The van der Waals surface area contributed by atoms with Crippen LogP contribution in [-0.2, 0) is 9.53 Å². The number of Topliss-reactive ketones (excluding diaryl/α,β-unsaturated/α-hetero) is 1. The summed E-state index contributed by atoms with van der Waals surface area (Å²) >= 11 is 0. The molecule has 2 amide bonds. The number of cyclic esters (lactones) is 1. The van der Waals surface area contributed by atoms with Crippen LogP contribution in [0.2, 0.25) is 0 Å². The van der Waals surface area contributed by atoms with Gasteiger partial charge >= 0.3 is 6.09 Å². The fourth-order valence-electron chi connectivity index (χ4n) is 2.96. The predicted molar refractivity (Wildman–Crippen MR) is 92.0 cm³/mol. The molecule has 1 saturated heterocycles. The minimum Gasteiger partial charge on any atom is -0.446 e. The van der Waals surface area contributed by atoms with Crippen molar-refractivity contribution >= 4 is 17.8 Å². The van der Waals surface area contributed by atoms with Gasteiger partial charge in [0.2, 0.25) is 5.91 Å². The zero-order valence-corrected chi connectivity index (χ0v) is 14.1. The van der Waals surface area contributed by atoms with E-state index in [1.165, 1.54) is 18.2 Å². The molecule has 1 unspecified atom stereocenters. The summed E-state index contributed by atoms with van der Waals surface area (Å²) in [6.45, 7) is 0.114. The molecule has 3 rings (SSSR count). The smallest absolute Gasteiger partial charge is 0.417 e. The molecule has 5 nitrogen and oxygen atoms in total. The molecule has 1 aliphatic rings. The van der Waals surface area contributed by atoms with Gasteiger partial charge < -0.3 is 4.74 Å². The maximum absolute atomic E-state index is 13.6. The summed E-state index contributed by atoms with van der Waals surface area (Å²) < 4.78 is 18.6. The van der Waals surface area contributed by atoms with Gasteiger partial charge in [0.05, 0.1) is 5.56 Å². The fourth-order valence-corrected chi connectivity index (χ4v) is 2.96. The van der Waals surface area contributed by atoms with Crippen molar-refractivity contribution < 1.29 is 23.5 Å². The highest BCUT2D eigenvalue weighted by Crippen LogP contribution is 2.28. The van der Waals surface area contributed by atoms with E-state index in [0.29, 0.717) is 0 Å². The van der Waals surface area contributed by atoms with Crippen molar-refractivity contribution in [3.05, 3.63) is 71.5 Å². The quantitative estimate of drug-likeness (QED) is 0.737. The van der Waals surface area contributed by atoms with E-state index < -0.39 is 23.9 Å². The molecule has 0 spiro atoms. The highest BCUT2D eigenvalue weighted by molar-refractivity contribution is 5.97. The summed E-state index contributed by atoms with van der Waals surface area (Å²) in [6.07, 6.45) is -0.397. The Kier molecular flexibility index (Phi) is 5.41. The second-order valence-corrected chi connectivity index (χ2v) is 6.02. The predicted octanol–water partition coefficient (Wildman–Crippen LogP) is 3.90. The molecule has 0 radical (unpaired) electrons. The van der Waals surface area contributed by atoms with Crippen LogP contribution in [-0.4, -0.2) is 29.3 Å². The first-order valence-electron chi connectivity index (χ1n) is 8.39. The first-order valence-corrected chi connectivity index (χ1v) is 8.39. The van der Waals surface area contributed by atoms with Crippen LogP contribution in [0.15, 0.2) is 54.6 Å². The van der Waals surface area contributed by atoms with Crippen molar-refractivity contribution in [3.63, 3.8) is 0 Å². The second-order valence-electron chi connectivity index (χ2n) is 6.02. The lowest BCUT2D eigenvalue weighted by molar-refractivity contribution is -0.129. The molecule has 6 heteroatoms. The molecule has 1 fully saturated rings. The number of amides is 2. The van der Waals surface area contributed by atoms with Crippen molar-refractivity contribution in [2.24, 2.45) is 0 Å². The van der Waals surface area contributed by atoms with Gasteiger partial charge in [-0.1, -0.05) is 42.5 Å². The van der Waals surface area contributed by atoms with E-state index in [1.54, 1.807) is 6.07 Å². The number of benzene rings is 2. The van der Waals surface area contributed by atoms with E-state index in [2.05, 4.69) is 0 Å². The molecule has 2 aromatic carbocycles. The zero-order chi connectivity index (χ0) is 18.5. The zero-order valence-electron chi connectivity index (χ0n) is 14.1. The summed E-state index contributed by atoms with van der Waals surface area (Å²) in [4.78, 5) is 37.6. The Balaban J connectivity index is 1.59. The van der Waals surface area contributed by atoms with Crippen molar-refractivity contribution in [1.29, 1.82) is 0 Å². The van der Waals surface area contributed by atoms with Crippen LogP contribution in [0.1, 0.15) is 41.2 Å². The number of imide groups is 1. The second kappa shape index (κ2) is 7.91. The molecular formula is C20H18FNO4. The van der Waals surface area contributed by atoms with E-state index in [1.807, 2.05) is 30.3 Å². The summed E-state index contributed by atoms with van der Waals surface area (Å²) in [5, 5.41) is 0. The molecule has 0 saturated carbocycles. The van der Waals surface area contributed by atoms with E-state index in [0.717, 1.165) is 10.5 Å². The van der Waals surface area contributed by atoms with Crippen LogP contribution in [0, 0.1) is 5.82 Å². The standard InChI is InChI=1S/C20H18FNO4/c21-16-10-5-4-9-15(16)18(23)11-6-12-19(24)22-17(13-26-20(22)25)14-7-2-1-3-8-14/h1-5,7-10,17H,6,11-13H2. The van der Waals surface area contributed by atoms with Crippen molar-refractivity contribution in [1.82, 2.24) is 4.90 Å².